The fourth-order valence-electron chi connectivity index (χ4n) is 1.54. The highest BCUT2D eigenvalue weighted by Gasteiger charge is 2.12. The van der Waals surface area contributed by atoms with E-state index in [4.69, 9.17) is 0 Å². The molecule has 0 aliphatic heterocycles. The van der Waals surface area contributed by atoms with Crippen LogP contribution in [0.4, 0.5) is 10.5 Å². The third-order valence-corrected chi connectivity index (χ3v) is 2.46. The van der Waals surface area contributed by atoms with E-state index in [2.05, 4.69) is 9.97 Å². The molecule has 0 saturated heterocycles. The molecule has 0 bridgehead atoms. The van der Waals surface area contributed by atoms with Crippen molar-refractivity contribution < 1.29 is 4.79 Å². The lowest BCUT2D eigenvalue weighted by Gasteiger charge is -2.21. The molecule has 0 unspecified atom stereocenters. The number of nitrogens with one attached hydrogen (secondary N) is 1. The van der Waals surface area contributed by atoms with Gasteiger partial charge in [-0.15, -0.1) is 0 Å². The number of aromatic nitrogens is 2. The van der Waals surface area contributed by atoms with Gasteiger partial charge in [-0.1, -0.05) is 0 Å². The van der Waals surface area contributed by atoms with Crippen molar-refractivity contribution >= 4 is 22.8 Å². The number of benzene rings is 1. The Balaban J connectivity index is 2.35. The van der Waals surface area contributed by atoms with E-state index in [-0.39, 0.29) is 6.03 Å². The highest BCUT2D eigenvalue weighted by atomic mass is 16.2. The molecule has 5 nitrogen and oxygen atoms in total. The maximum Gasteiger partial charge on any atom is 0.323 e. The SMILES string of the molecule is CN(C)C(=O)N(C)c1ccc2nc[nH]c2c1. The summed E-state index contributed by atoms with van der Waals surface area (Å²) in [7, 11) is 5.21. The number of carbonyl (C=O) groups is 1. The lowest BCUT2D eigenvalue weighted by Crippen LogP contribution is -2.36. The lowest BCUT2D eigenvalue weighted by atomic mass is 10.2. The second-order valence-corrected chi connectivity index (χ2v) is 3.84. The average molecular weight is 218 g/mol. The standard InChI is InChI=1S/C11H14N4O/c1-14(2)11(16)15(3)8-4-5-9-10(6-8)13-7-12-9/h4-7H,1-3H3,(H,12,13). The fraction of sp³-hybridized carbons (Fsp3) is 0.273. The first-order valence-corrected chi connectivity index (χ1v) is 4.98. The van der Waals surface area contributed by atoms with Crippen LogP contribution in [0.5, 0.6) is 0 Å². The van der Waals surface area contributed by atoms with Crippen molar-refractivity contribution in [3.63, 3.8) is 0 Å². The minimum Gasteiger partial charge on any atom is -0.345 e. The molecular formula is C11H14N4O. The van der Waals surface area contributed by atoms with Crippen molar-refractivity contribution in [1.82, 2.24) is 14.9 Å². The fourth-order valence-corrected chi connectivity index (χ4v) is 1.54. The molecular weight excluding hydrogens is 204 g/mol. The Labute approximate surface area is 93.7 Å². The number of nitrogens with zero attached hydrogens (tertiary/aromatic N) is 3. The Kier molecular flexibility index (Phi) is 2.52. The molecule has 2 rings (SSSR count). The highest BCUT2D eigenvalue weighted by Crippen LogP contribution is 2.19. The summed E-state index contributed by atoms with van der Waals surface area (Å²) in [6.45, 7) is 0. The van der Waals surface area contributed by atoms with Gasteiger partial charge in [0.15, 0.2) is 0 Å². The van der Waals surface area contributed by atoms with Crippen LogP contribution < -0.4 is 4.90 Å². The number of urea groups is 1. The van der Waals surface area contributed by atoms with Gasteiger partial charge in [0, 0.05) is 26.8 Å². The Morgan fingerprint density at radius 3 is 2.75 bits per heavy atom. The minimum absolute atomic E-state index is 0.0566. The normalized spacial score (nSPS) is 10.4. The molecule has 0 spiro atoms. The van der Waals surface area contributed by atoms with Crippen LogP contribution in [0.3, 0.4) is 0 Å². The van der Waals surface area contributed by atoms with Gasteiger partial charge in [-0.3, -0.25) is 4.90 Å². The van der Waals surface area contributed by atoms with Gasteiger partial charge in [0.05, 0.1) is 17.4 Å². The number of rotatable bonds is 1. The molecule has 5 heteroatoms. The summed E-state index contributed by atoms with van der Waals surface area (Å²) in [4.78, 5) is 22.0. The first kappa shape index (κ1) is 10.5. The van der Waals surface area contributed by atoms with Crippen LogP contribution in [-0.4, -0.2) is 42.0 Å². The third kappa shape index (κ3) is 1.71. The van der Waals surface area contributed by atoms with E-state index in [0.717, 1.165) is 16.7 Å². The monoisotopic (exact) mass is 218 g/mol. The van der Waals surface area contributed by atoms with E-state index in [1.54, 1.807) is 32.4 Å². The Bertz CT molecular complexity index is 517. The van der Waals surface area contributed by atoms with Gasteiger partial charge in [0.2, 0.25) is 0 Å². The van der Waals surface area contributed by atoms with Crippen molar-refractivity contribution in [3.05, 3.63) is 24.5 Å². The number of carbonyl (C=O) groups excluding carboxylic acids is 1. The minimum atomic E-state index is -0.0566. The number of fused-ring (bicyclic) bond motifs is 1. The summed E-state index contributed by atoms with van der Waals surface area (Å²) in [6.07, 6.45) is 1.64. The molecule has 1 aromatic carbocycles. The van der Waals surface area contributed by atoms with Gasteiger partial charge in [-0.05, 0) is 18.2 Å². The van der Waals surface area contributed by atoms with Crippen molar-refractivity contribution in [1.29, 1.82) is 0 Å². The first-order chi connectivity index (χ1) is 7.59. The molecule has 0 aliphatic rings. The lowest BCUT2D eigenvalue weighted by molar-refractivity contribution is 0.225. The quantitative estimate of drug-likeness (QED) is 0.791. The van der Waals surface area contributed by atoms with Crippen molar-refractivity contribution in [2.75, 3.05) is 26.0 Å². The Morgan fingerprint density at radius 1 is 1.31 bits per heavy atom. The van der Waals surface area contributed by atoms with E-state index in [1.165, 1.54) is 4.90 Å². The molecule has 1 aromatic heterocycles. The zero-order chi connectivity index (χ0) is 11.7. The number of aromatic amines is 1. The molecule has 1 heterocycles. The Hall–Kier alpha value is -2.04. The molecule has 2 amide bonds. The smallest absolute Gasteiger partial charge is 0.323 e. The molecule has 16 heavy (non-hydrogen) atoms. The van der Waals surface area contributed by atoms with Crippen LogP contribution in [0.15, 0.2) is 24.5 Å². The second-order valence-electron chi connectivity index (χ2n) is 3.84. The zero-order valence-electron chi connectivity index (χ0n) is 9.56. The maximum atomic E-state index is 11.7. The van der Waals surface area contributed by atoms with Gasteiger partial charge < -0.3 is 9.88 Å². The van der Waals surface area contributed by atoms with Crippen LogP contribution >= 0.6 is 0 Å². The van der Waals surface area contributed by atoms with Crippen molar-refractivity contribution in [2.24, 2.45) is 0 Å². The van der Waals surface area contributed by atoms with E-state index >= 15 is 0 Å². The summed E-state index contributed by atoms with van der Waals surface area (Å²) in [5, 5.41) is 0. The van der Waals surface area contributed by atoms with Crippen molar-refractivity contribution in [2.45, 2.75) is 0 Å². The second kappa shape index (κ2) is 3.84. The molecule has 2 aromatic rings. The summed E-state index contributed by atoms with van der Waals surface area (Å²) < 4.78 is 0. The van der Waals surface area contributed by atoms with E-state index in [0.29, 0.717) is 0 Å². The number of hydrogen-bond acceptors (Lipinski definition) is 2. The number of hydrogen-bond donors (Lipinski definition) is 1. The number of H-pyrrole nitrogens is 1. The maximum absolute atomic E-state index is 11.7. The van der Waals surface area contributed by atoms with Crippen LogP contribution in [0.1, 0.15) is 0 Å². The molecule has 1 N–H and O–H groups in total. The van der Waals surface area contributed by atoms with Crippen LogP contribution in [0.25, 0.3) is 11.0 Å². The summed E-state index contributed by atoms with van der Waals surface area (Å²) in [6, 6.07) is 5.62. The summed E-state index contributed by atoms with van der Waals surface area (Å²) in [5.74, 6) is 0. The zero-order valence-corrected chi connectivity index (χ0v) is 9.56. The molecule has 84 valence electrons. The highest BCUT2D eigenvalue weighted by molar-refractivity contribution is 5.93. The van der Waals surface area contributed by atoms with Crippen molar-refractivity contribution in [3.8, 4) is 0 Å². The third-order valence-electron chi connectivity index (χ3n) is 2.46. The van der Waals surface area contributed by atoms with Gasteiger partial charge in [0.25, 0.3) is 0 Å². The summed E-state index contributed by atoms with van der Waals surface area (Å²) in [5.41, 5.74) is 2.67. The number of amides is 2. The Morgan fingerprint density at radius 2 is 2.06 bits per heavy atom. The number of anilines is 1. The van der Waals surface area contributed by atoms with E-state index in [1.807, 2.05) is 18.2 Å². The van der Waals surface area contributed by atoms with Crippen LogP contribution in [-0.2, 0) is 0 Å². The van der Waals surface area contributed by atoms with Gasteiger partial charge >= 0.3 is 6.03 Å². The molecule has 0 aliphatic carbocycles. The molecule has 0 radical (unpaired) electrons. The number of imidazole rings is 1. The van der Waals surface area contributed by atoms with E-state index < -0.39 is 0 Å². The topological polar surface area (TPSA) is 52.2 Å². The average Bonchev–Trinajstić information content (AvgIpc) is 2.73. The summed E-state index contributed by atoms with van der Waals surface area (Å²) >= 11 is 0. The molecule has 0 saturated carbocycles. The first-order valence-electron chi connectivity index (χ1n) is 4.98. The molecule has 0 fully saturated rings. The largest absolute Gasteiger partial charge is 0.345 e. The van der Waals surface area contributed by atoms with E-state index in [9.17, 15) is 4.79 Å². The van der Waals surface area contributed by atoms with Gasteiger partial charge in [-0.2, -0.15) is 0 Å². The molecule has 0 atom stereocenters. The van der Waals surface area contributed by atoms with Crippen LogP contribution in [0.2, 0.25) is 0 Å². The van der Waals surface area contributed by atoms with Gasteiger partial charge in [-0.25, -0.2) is 9.78 Å². The predicted molar refractivity (Wildman–Crippen MR) is 63.6 cm³/mol. The van der Waals surface area contributed by atoms with Gasteiger partial charge in [0.1, 0.15) is 0 Å². The predicted octanol–water partition coefficient (Wildman–Crippen LogP) is 1.68. The van der Waals surface area contributed by atoms with Crippen LogP contribution in [0, 0.1) is 0 Å².